The first-order valence-corrected chi connectivity index (χ1v) is 9.64. The van der Waals surface area contributed by atoms with Crippen molar-refractivity contribution in [2.45, 2.75) is 89.7 Å². The minimum Gasteiger partial charge on any atom is -0.508 e. The largest absolute Gasteiger partial charge is 0.508 e. The summed E-state index contributed by atoms with van der Waals surface area (Å²) in [6.07, 6.45) is 14.9. The number of phenols is 1. The molecule has 0 saturated heterocycles. The van der Waals surface area contributed by atoms with Crippen LogP contribution in [-0.4, -0.2) is 5.11 Å². The Labute approximate surface area is 142 Å². The molecule has 1 atom stereocenters. The highest BCUT2D eigenvalue weighted by molar-refractivity contribution is 7.80. The highest BCUT2D eigenvalue weighted by atomic mass is 32.1. The molecule has 22 heavy (non-hydrogen) atoms. The van der Waals surface area contributed by atoms with Crippen molar-refractivity contribution in [3.05, 3.63) is 29.3 Å². The van der Waals surface area contributed by atoms with E-state index in [2.05, 4.69) is 13.0 Å². The van der Waals surface area contributed by atoms with Crippen LogP contribution in [0.3, 0.4) is 0 Å². The molecule has 0 spiro atoms. The lowest BCUT2D eigenvalue weighted by Gasteiger charge is -2.12. The Kier molecular flexibility index (Phi) is 10.5. The normalized spacial score (nSPS) is 12.5. The number of rotatable bonds is 12. The summed E-state index contributed by atoms with van der Waals surface area (Å²) >= 11 is 4.71. The van der Waals surface area contributed by atoms with Crippen LogP contribution in [0.5, 0.6) is 5.75 Å². The van der Waals surface area contributed by atoms with Crippen molar-refractivity contribution in [3.63, 3.8) is 0 Å². The van der Waals surface area contributed by atoms with E-state index in [-0.39, 0.29) is 0 Å². The van der Waals surface area contributed by atoms with Crippen LogP contribution in [0.2, 0.25) is 0 Å². The second-order valence-corrected chi connectivity index (χ2v) is 7.16. The summed E-state index contributed by atoms with van der Waals surface area (Å²) in [4.78, 5) is 0. The summed E-state index contributed by atoms with van der Waals surface area (Å²) in [5.41, 5.74) is 2.18. The van der Waals surface area contributed by atoms with Crippen LogP contribution in [0.25, 0.3) is 0 Å². The highest BCUT2D eigenvalue weighted by Crippen LogP contribution is 2.29. The van der Waals surface area contributed by atoms with E-state index in [1.54, 1.807) is 6.07 Å². The van der Waals surface area contributed by atoms with Gasteiger partial charge in [0.2, 0.25) is 0 Å². The number of unbranched alkanes of at least 4 members (excludes halogenated alkanes) is 9. The maximum Gasteiger partial charge on any atom is 0.118 e. The van der Waals surface area contributed by atoms with Gasteiger partial charge < -0.3 is 5.11 Å². The molecule has 0 aromatic heterocycles. The maximum absolute atomic E-state index is 9.57. The van der Waals surface area contributed by atoms with E-state index in [0.29, 0.717) is 11.0 Å². The van der Waals surface area contributed by atoms with Gasteiger partial charge in [0.1, 0.15) is 5.75 Å². The molecule has 1 unspecified atom stereocenters. The number of hydrogen-bond donors (Lipinski definition) is 2. The van der Waals surface area contributed by atoms with Gasteiger partial charge in [-0.05, 0) is 30.5 Å². The van der Waals surface area contributed by atoms with Gasteiger partial charge in [0, 0.05) is 5.25 Å². The van der Waals surface area contributed by atoms with Crippen molar-refractivity contribution in [1.82, 2.24) is 0 Å². The summed E-state index contributed by atoms with van der Waals surface area (Å²) in [7, 11) is 0. The van der Waals surface area contributed by atoms with Crippen LogP contribution < -0.4 is 0 Å². The first-order valence-electron chi connectivity index (χ1n) is 9.12. The van der Waals surface area contributed by atoms with Gasteiger partial charge in [-0.25, -0.2) is 0 Å². The van der Waals surface area contributed by atoms with Crippen molar-refractivity contribution in [1.29, 1.82) is 0 Å². The van der Waals surface area contributed by atoms with E-state index < -0.39 is 0 Å². The van der Waals surface area contributed by atoms with Crippen molar-refractivity contribution in [3.8, 4) is 5.75 Å². The van der Waals surface area contributed by atoms with Crippen molar-refractivity contribution in [2.24, 2.45) is 0 Å². The van der Waals surface area contributed by atoms with Crippen molar-refractivity contribution in [2.75, 3.05) is 0 Å². The molecule has 0 bridgehead atoms. The average Bonchev–Trinajstić information content (AvgIpc) is 2.51. The molecule has 0 amide bonds. The van der Waals surface area contributed by atoms with Gasteiger partial charge in [-0.2, -0.15) is 12.6 Å². The lowest BCUT2D eigenvalue weighted by molar-refractivity contribution is 0.470. The second kappa shape index (κ2) is 11.9. The number of phenolic OH excluding ortho intramolecular Hbond substituents is 1. The molecule has 0 aliphatic rings. The molecular weight excluding hydrogens is 288 g/mol. The van der Waals surface area contributed by atoms with E-state index in [1.807, 2.05) is 13.0 Å². The van der Waals surface area contributed by atoms with E-state index in [4.69, 9.17) is 12.6 Å². The molecule has 1 N–H and O–H groups in total. The molecule has 2 heteroatoms. The number of hydrogen-bond acceptors (Lipinski definition) is 2. The second-order valence-electron chi connectivity index (χ2n) is 6.53. The van der Waals surface area contributed by atoms with Crippen LogP contribution in [0, 0.1) is 6.92 Å². The van der Waals surface area contributed by atoms with Crippen LogP contribution in [0.15, 0.2) is 18.2 Å². The Morgan fingerprint density at radius 1 is 0.909 bits per heavy atom. The Hall–Kier alpha value is -0.630. The summed E-state index contributed by atoms with van der Waals surface area (Å²) in [6, 6.07) is 5.84. The fourth-order valence-corrected chi connectivity index (χ4v) is 3.22. The molecule has 0 radical (unpaired) electrons. The smallest absolute Gasteiger partial charge is 0.118 e. The molecule has 126 valence electrons. The number of aryl methyl sites for hydroxylation is 1. The average molecular weight is 323 g/mol. The first-order chi connectivity index (χ1) is 10.6. The fraction of sp³-hybridized carbons (Fsp3) is 0.700. The van der Waals surface area contributed by atoms with Crippen molar-refractivity contribution >= 4 is 12.6 Å². The molecule has 1 nitrogen and oxygen atoms in total. The Balaban J connectivity index is 2.03. The zero-order valence-corrected chi connectivity index (χ0v) is 15.4. The number of aromatic hydroxyl groups is 1. The topological polar surface area (TPSA) is 20.2 Å². The molecule has 1 aromatic rings. The third kappa shape index (κ3) is 8.12. The fourth-order valence-electron chi connectivity index (χ4n) is 2.88. The molecular formula is C20H34OS. The summed E-state index contributed by atoms with van der Waals surface area (Å²) in [6.45, 7) is 4.22. The predicted molar refractivity (Wildman–Crippen MR) is 101 cm³/mol. The third-order valence-electron chi connectivity index (χ3n) is 4.44. The first kappa shape index (κ1) is 19.4. The van der Waals surface area contributed by atoms with Gasteiger partial charge in [-0.15, -0.1) is 0 Å². The number of thiol groups is 1. The molecule has 1 rings (SSSR count). The van der Waals surface area contributed by atoms with Gasteiger partial charge in [0.25, 0.3) is 0 Å². The minimum absolute atomic E-state index is 0.299. The summed E-state index contributed by atoms with van der Waals surface area (Å²) in [5.74, 6) is 0.378. The molecule has 0 heterocycles. The zero-order chi connectivity index (χ0) is 16.2. The standard InChI is InChI=1S/C20H34OS/c1-3-4-5-6-7-8-9-10-11-12-13-20(22)18-14-15-19(21)17(2)16-18/h14-16,20-22H,3-13H2,1-2H3. The van der Waals surface area contributed by atoms with E-state index in [9.17, 15) is 5.11 Å². The zero-order valence-electron chi connectivity index (χ0n) is 14.5. The summed E-state index contributed by atoms with van der Waals surface area (Å²) in [5, 5.41) is 9.86. The molecule has 1 aromatic carbocycles. The predicted octanol–water partition coefficient (Wildman–Crippen LogP) is 6.98. The minimum atomic E-state index is 0.299. The van der Waals surface area contributed by atoms with Gasteiger partial charge in [0.05, 0.1) is 0 Å². The monoisotopic (exact) mass is 322 g/mol. The Morgan fingerprint density at radius 2 is 1.45 bits per heavy atom. The van der Waals surface area contributed by atoms with Gasteiger partial charge >= 0.3 is 0 Å². The lowest BCUT2D eigenvalue weighted by Crippen LogP contribution is -1.92. The Morgan fingerprint density at radius 3 is 2.00 bits per heavy atom. The SMILES string of the molecule is CCCCCCCCCCCCC(S)c1ccc(O)c(C)c1. The van der Waals surface area contributed by atoms with Gasteiger partial charge in [-0.1, -0.05) is 83.3 Å². The molecule has 0 aliphatic heterocycles. The van der Waals surface area contributed by atoms with E-state index in [0.717, 1.165) is 12.0 Å². The van der Waals surface area contributed by atoms with E-state index in [1.165, 1.54) is 69.8 Å². The highest BCUT2D eigenvalue weighted by Gasteiger charge is 2.07. The third-order valence-corrected chi connectivity index (χ3v) is 4.99. The van der Waals surface area contributed by atoms with Crippen LogP contribution >= 0.6 is 12.6 Å². The number of benzene rings is 1. The van der Waals surface area contributed by atoms with Crippen molar-refractivity contribution < 1.29 is 5.11 Å². The molecule has 0 saturated carbocycles. The quantitative estimate of drug-likeness (QED) is 0.314. The van der Waals surface area contributed by atoms with Crippen LogP contribution in [0.4, 0.5) is 0 Å². The molecule has 0 fully saturated rings. The Bertz CT molecular complexity index is 403. The van der Waals surface area contributed by atoms with Gasteiger partial charge in [0.15, 0.2) is 0 Å². The maximum atomic E-state index is 9.57. The van der Waals surface area contributed by atoms with Crippen LogP contribution in [0.1, 0.15) is 93.9 Å². The summed E-state index contributed by atoms with van der Waals surface area (Å²) < 4.78 is 0. The molecule has 0 aliphatic carbocycles. The van der Waals surface area contributed by atoms with Crippen LogP contribution in [-0.2, 0) is 0 Å². The van der Waals surface area contributed by atoms with Gasteiger partial charge in [-0.3, -0.25) is 0 Å². The van der Waals surface area contributed by atoms with E-state index >= 15 is 0 Å². The lowest BCUT2D eigenvalue weighted by atomic mass is 10.0.